The minimum absolute atomic E-state index is 0. The predicted molar refractivity (Wildman–Crippen MR) is 136 cm³/mol. The Bertz CT molecular complexity index is 633. The van der Waals surface area contributed by atoms with Gasteiger partial charge in [0.15, 0.2) is 5.96 Å². The van der Waals surface area contributed by atoms with Gasteiger partial charge in [0.2, 0.25) is 0 Å². The molecule has 2 aliphatic heterocycles. The summed E-state index contributed by atoms with van der Waals surface area (Å²) in [5, 5.41) is 7.15. The van der Waals surface area contributed by atoms with Gasteiger partial charge in [-0.05, 0) is 75.5 Å². The van der Waals surface area contributed by atoms with Crippen molar-refractivity contribution >= 4 is 29.9 Å². The van der Waals surface area contributed by atoms with Crippen LogP contribution in [0.15, 0.2) is 29.3 Å². The van der Waals surface area contributed by atoms with E-state index in [-0.39, 0.29) is 24.0 Å². The van der Waals surface area contributed by atoms with Crippen molar-refractivity contribution in [2.24, 2.45) is 10.9 Å². The fourth-order valence-electron chi connectivity index (χ4n) is 4.59. The average Bonchev–Trinajstić information content (AvgIpc) is 3.44. The van der Waals surface area contributed by atoms with Gasteiger partial charge in [-0.1, -0.05) is 19.1 Å². The molecule has 0 radical (unpaired) electrons. The smallest absolute Gasteiger partial charge is 0.191 e. The van der Waals surface area contributed by atoms with Crippen molar-refractivity contribution in [2.75, 3.05) is 60.0 Å². The van der Waals surface area contributed by atoms with E-state index in [2.05, 4.69) is 56.6 Å². The van der Waals surface area contributed by atoms with Crippen LogP contribution in [0.3, 0.4) is 0 Å². The highest BCUT2D eigenvalue weighted by molar-refractivity contribution is 14.0. The zero-order valence-corrected chi connectivity index (χ0v) is 21.2. The summed E-state index contributed by atoms with van der Waals surface area (Å²) in [5.41, 5.74) is 1.33. The molecule has 3 rings (SSSR count). The standard InChI is InChI=1S/C23H39N5O.HI/c1-4-12-27-15-11-19(18-27)16-25-23(24-2)26-17-22(28-13-5-6-14-28)20-7-9-21(29-3)10-8-20;/h7-10,19,22H,4-6,11-18H2,1-3H3,(H2,24,25,26);1H. The quantitative estimate of drug-likeness (QED) is 0.292. The molecule has 2 fully saturated rings. The number of rotatable bonds is 9. The molecule has 2 atom stereocenters. The number of ether oxygens (including phenoxy) is 1. The lowest BCUT2D eigenvalue weighted by atomic mass is 10.1. The molecule has 30 heavy (non-hydrogen) atoms. The molecule has 6 nitrogen and oxygen atoms in total. The summed E-state index contributed by atoms with van der Waals surface area (Å²) in [5.74, 6) is 2.54. The van der Waals surface area contributed by atoms with Gasteiger partial charge < -0.3 is 20.3 Å². The maximum Gasteiger partial charge on any atom is 0.191 e. The summed E-state index contributed by atoms with van der Waals surface area (Å²) in [6.07, 6.45) is 5.10. The molecular weight excluding hydrogens is 489 g/mol. The number of nitrogens with one attached hydrogen (secondary N) is 2. The third-order valence-corrected chi connectivity index (χ3v) is 6.24. The Morgan fingerprint density at radius 2 is 1.90 bits per heavy atom. The van der Waals surface area contributed by atoms with E-state index in [1.807, 2.05) is 7.05 Å². The highest BCUT2D eigenvalue weighted by atomic mass is 127. The minimum Gasteiger partial charge on any atom is -0.497 e. The highest BCUT2D eigenvalue weighted by Gasteiger charge is 2.24. The van der Waals surface area contributed by atoms with Gasteiger partial charge in [0.1, 0.15) is 5.75 Å². The van der Waals surface area contributed by atoms with Crippen molar-refractivity contribution in [3.63, 3.8) is 0 Å². The molecule has 0 amide bonds. The number of guanidine groups is 1. The maximum absolute atomic E-state index is 5.33. The van der Waals surface area contributed by atoms with Crippen LogP contribution < -0.4 is 15.4 Å². The molecule has 0 aromatic heterocycles. The Morgan fingerprint density at radius 3 is 2.53 bits per heavy atom. The minimum atomic E-state index is 0. The number of halogens is 1. The largest absolute Gasteiger partial charge is 0.497 e. The van der Waals surface area contributed by atoms with E-state index < -0.39 is 0 Å². The summed E-state index contributed by atoms with van der Waals surface area (Å²) in [6, 6.07) is 8.87. The Labute approximate surface area is 199 Å². The summed E-state index contributed by atoms with van der Waals surface area (Å²) < 4.78 is 5.33. The summed E-state index contributed by atoms with van der Waals surface area (Å²) in [7, 11) is 3.58. The second-order valence-corrected chi connectivity index (χ2v) is 8.32. The van der Waals surface area contributed by atoms with Crippen molar-refractivity contribution in [2.45, 2.75) is 38.6 Å². The molecular formula is C23H40IN5O. The third-order valence-electron chi connectivity index (χ3n) is 6.24. The molecule has 170 valence electrons. The van der Waals surface area contributed by atoms with Gasteiger partial charge >= 0.3 is 0 Å². The molecule has 0 aliphatic carbocycles. The first-order valence-electron chi connectivity index (χ1n) is 11.3. The molecule has 1 aromatic rings. The molecule has 2 heterocycles. The molecule has 2 unspecified atom stereocenters. The fourth-order valence-corrected chi connectivity index (χ4v) is 4.59. The van der Waals surface area contributed by atoms with E-state index in [0.29, 0.717) is 6.04 Å². The van der Waals surface area contributed by atoms with Gasteiger partial charge in [0, 0.05) is 26.7 Å². The number of hydrogen-bond donors (Lipinski definition) is 2. The van der Waals surface area contributed by atoms with Gasteiger partial charge in [-0.3, -0.25) is 9.89 Å². The number of likely N-dealkylation sites (tertiary alicyclic amines) is 2. The van der Waals surface area contributed by atoms with Crippen LogP contribution in [0.2, 0.25) is 0 Å². The van der Waals surface area contributed by atoms with Crippen molar-refractivity contribution in [1.82, 2.24) is 20.4 Å². The number of hydrogen-bond acceptors (Lipinski definition) is 4. The Balaban J connectivity index is 0.00000320. The first-order chi connectivity index (χ1) is 14.2. The van der Waals surface area contributed by atoms with E-state index in [9.17, 15) is 0 Å². The van der Waals surface area contributed by atoms with Crippen LogP contribution in [0.5, 0.6) is 5.75 Å². The number of methoxy groups -OCH3 is 1. The highest BCUT2D eigenvalue weighted by Crippen LogP contribution is 2.26. The van der Waals surface area contributed by atoms with Gasteiger partial charge in [0.05, 0.1) is 13.2 Å². The number of aliphatic imine (C=N–C) groups is 1. The zero-order chi connectivity index (χ0) is 20.5. The lowest BCUT2D eigenvalue weighted by molar-refractivity contribution is 0.245. The van der Waals surface area contributed by atoms with E-state index in [0.717, 1.165) is 30.7 Å². The Hall–Kier alpha value is -1.06. The number of benzene rings is 1. The third kappa shape index (κ3) is 7.27. The fraction of sp³-hybridized carbons (Fsp3) is 0.696. The van der Waals surface area contributed by atoms with Crippen LogP contribution in [0.4, 0.5) is 0 Å². The van der Waals surface area contributed by atoms with E-state index in [1.54, 1.807) is 7.11 Å². The molecule has 0 spiro atoms. The average molecular weight is 530 g/mol. The van der Waals surface area contributed by atoms with Crippen LogP contribution >= 0.6 is 24.0 Å². The lowest BCUT2D eigenvalue weighted by Gasteiger charge is -2.29. The topological polar surface area (TPSA) is 52.1 Å². The van der Waals surface area contributed by atoms with Crippen LogP contribution in [-0.4, -0.2) is 75.7 Å². The molecule has 2 N–H and O–H groups in total. The van der Waals surface area contributed by atoms with Crippen LogP contribution in [0, 0.1) is 5.92 Å². The normalized spacial score (nSPS) is 21.3. The number of nitrogens with zero attached hydrogens (tertiary/aromatic N) is 3. The lowest BCUT2D eigenvalue weighted by Crippen LogP contribution is -2.44. The summed E-state index contributed by atoms with van der Waals surface area (Å²) >= 11 is 0. The van der Waals surface area contributed by atoms with Gasteiger partial charge in [-0.15, -0.1) is 24.0 Å². The summed E-state index contributed by atoms with van der Waals surface area (Å²) in [6.45, 7) is 10.1. The zero-order valence-electron chi connectivity index (χ0n) is 18.9. The Kier molecular flexibility index (Phi) is 11.2. The molecule has 0 bridgehead atoms. The van der Waals surface area contributed by atoms with Crippen molar-refractivity contribution < 1.29 is 4.74 Å². The molecule has 1 aromatic carbocycles. The molecule has 2 aliphatic rings. The monoisotopic (exact) mass is 529 g/mol. The second-order valence-electron chi connectivity index (χ2n) is 8.32. The SMILES string of the molecule is CCCN1CCC(CNC(=NC)NCC(c2ccc(OC)cc2)N2CCCC2)C1.I. The second kappa shape index (κ2) is 13.4. The van der Waals surface area contributed by atoms with Crippen LogP contribution in [0.25, 0.3) is 0 Å². The van der Waals surface area contributed by atoms with Gasteiger partial charge in [-0.2, -0.15) is 0 Å². The van der Waals surface area contributed by atoms with Gasteiger partial charge in [-0.25, -0.2) is 0 Å². The molecule has 7 heteroatoms. The molecule has 2 saturated heterocycles. The van der Waals surface area contributed by atoms with E-state index in [1.165, 1.54) is 64.0 Å². The van der Waals surface area contributed by atoms with E-state index >= 15 is 0 Å². The predicted octanol–water partition coefficient (Wildman–Crippen LogP) is 3.35. The van der Waals surface area contributed by atoms with Crippen molar-refractivity contribution in [1.29, 1.82) is 0 Å². The first kappa shape index (κ1) is 25.2. The maximum atomic E-state index is 5.33. The van der Waals surface area contributed by atoms with Crippen LogP contribution in [0.1, 0.15) is 44.2 Å². The summed E-state index contributed by atoms with van der Waals surface area (Å²) in [4.78, 5) is 9.63. The Morgan fingerprint density at radius 1 is 1.17 bits per heavy atom. The first-order valence-corrected chi connectivity index (χ1v) is 11.3. The molecule has 0 saturated carbocycles. The van der Waals surface area contributed by atoms with Gasteiger partial charge in [0.25, 0.3) is 0 Å². The van der Waals surface area contributed by atoms with Crippen molar-refractivity contribution in [3.05, 3.63) is 29.8 Å². The van der Waals surface area contributed by atoms with E-state index in [4.69, 9.17) is 4.74 Å². The van der Waals surface area contributed by atoms with Crippen molar-refractivity contribution in [3.8, 4) is 5.75 Å². The van der Waals surface area contributed by atoms with Crippen LogP contribution in [-0.2, 0) is 0 Å².